The van der Waals surface area contributed by atoms with E-state index in [0.717, 1.165) is 0 Å². The molecule has 0 spiro atoms. The third kappa shape index (κ3) is 1.37. The minimum absolute atomic E-state index is 0.237. The monoisotopic (exact) mass is 255 g/mol. The number of ketones is 1. The topological polar surface area (TPSA) is 60.9 Å². The minimum Gasteiger partial charge on any atom is -0.459 e. The van der Waals surface area contributed by atoms with Crippen LogP contribution in [0.5, 0.6) is 0 Å². The summed E-state index contributed by atoms with van der Waals surface area (Å²) in [6.45, 7) is 0. The van der Waals surface area contributed by atoms with E-state index in [1.165, 1.54) is 17.3 Å². The second-order valence-corrected chi connectivity index (χ2v) is 3.49. The van der Waals surface area contributed by atoms with Gasteiger partial charge in [-0.2, -0.15) is 5.10 Å². The Morgan fingerprint density at radius 3 is 2.93 bits per heavy atom. The summed E-state index contributed by atoms with van der Waals surface area (Å²) in [5.74, 6) is 0.198. The molecule has 0 fully saturated rings. The standard InChI is InChI=1S/C8H6BrN3O2/c1-12-8(10-4-11-12)6(13)7-5(9)2-3-14-7/h2-4H,1H3. The van der Waals surface area contributed by atoms with Gasteiger partial charge in [-0.1, -0.05) is 0 Å². The van der Waals surface area contributed by atoms with E-state index >= 15 is 0 Å². The van der Waals surface area contributed by atoms with Crippen molar-refractivity contribution in [3.8, 4) is 0 Å². The van der Waals surface area contributed by atoms with Gasteiger partial charge in [-0.25, -0.2) is 9.67 Å². The third-order valence-corrected chi connectivity index (χ3v) is 2.36. The fraction of sp³-hybridized carbons (Fsp3) is 0.125. The average molecular weight is 256 g/mol. The molecule has 2 aromatic heterocycles. The molecule has 0 aromatic carbocycles. The first kappa shape index (κ1) is 9.14. The Morgan fingerprint density at radius 2 is 2.43 bits per heavy atom. The van der Waals surface area contributed by atoms with E-state index in [1.807, 2.05) is 0 Å². The van der Waals surface area contributed by atoms with Crippen LogP contribution in [0, 0.1) is 0 Å². The van der Waals surface area contributed by atoms with Gasteiger partial charge in [0.05, 0.1) is 10.7 Å². The van der Waals surface area contributed by atoms with Crippen molar-refractivity contribution < 1.29 is 9.21 Å². The minimum atomic E-state index is -0.290. The molecular formula is C8H6BrN3O2. The fourth-order valence-electron chi connectivity index (χ4n) is 1.06. The van der Waals surface area contributed by atoms with Crippen LogP contribution in [0.3, 0.4) is 0 Å². The third-order valence-electron chi connectivity index (χ3n) is 1.74. The van der Waals surface area contributed by atoms with Gasteiger partial charge in [0, 0.05) is 7.05 Å². The lowest BCUT2D eigenvalue weighted by atomic mass is 10.3. The van der Waals surface area contributed by atoms with Crippen molar-refractivity contribution in [1.82, 2.24) is 14.8 Å². The first-order valence-electron chi connectivity index (χ1n) is 3.82. The number of aromatic nitrogens is 3. The first-order chi connectivity index (χ1) is 6.70. The number of hydrogen-bond acceptors (Lipinski definition) is 4. The molecule has 0 aliphatic heterocycles. The van der Waals surface area contributed by atoms with Crippen LogP contribution in [0.25, 0.3) is 0 Å². The van der Waals surface area contributed by atoms with Crippen molar-refractivity contribution in [2.75, 3.05) is 0 Å². The molecule has 2 aromatic rings. The second-order valence-electron chi connectivity index (χ2n) is 2.63. The molecule has 2 heterocycles. The summed E-state index contributed by atoms with van der Waals surface area (Å²) in [5, 5.41) is 3.80. The van der Waals surface area contributed by atoms with E-state index in [4.69, 9.17) is 4.42 Å². The van der Waals surface area contributed by atoms with Crippen molar-refractivity contribution >= 4 is 21.7 Å². The van der Waals surface area contributed by atoms with E-state index in [2.05, 4.69) is 26.0 Å². The molecule has 0 N–H and O–H groups in total. The Morgan fingerprint density at radius 1 is 1.64 bits per heavy atom. The number of nitrogens with zero attached hydrogens (tertiary/aromatic N) is 3. The molecule has 6 heteroatoms. The van der Waals surface area contributed by atoms with Crippen molar-refractivity contribution in [2.45, 2.75) is 0 Å². The number of rotatable bonds is 2. The fourth-order valence-corrected chi connectivity index (χ4v) is 1.44. The Hall–Kier alpha value is -1.43. The van der Waals surface area contributed by atoms with Crippen molar-refractivity contribution in [3.63, 3.8) is 0 Å². The molecule has 0 bridgehead atoms. The number of furan rings is 1. The number of aryl methyl sites for hydroxylation is 1. The lowest BCUT2D eigenvalue weighted by Gasteiger charge is -1.96. The quantitative estimate of drug-likeness (QED) is 0.762. The van der Waals surface area contributed by atoms with Crippen molar-refractivity contribution in [1.29, 1.82) is 0 Å². The first-order valence-corrected chi connectivity index (χ1v) is 4.61. The van der Waals surface area contributed by atoms with Gasteiger partial charge in [-0.05, 0) is 22.0 Å². The van der Waals surface area contributed by atoms with Crippen molar-refractivity contribution in [2.24, 2.45) is 7.05 Å². The molecule has 0 saturated carbocycles. The zero-order valence-corrected chi connectivity index (χ0v) is 8.85. The van der Waals surface area contributed by atoms with E-state index in [-0.39, 0.29) is 17.4 Å². The highest BCUT2D eigenvalue weighted by molar-refractivity contribution is 9.10. The van der Waals surface area contributed by atoms with Crippen LogP contribution >= 0.6 is 15.9 Å². The van der Waals surface area contributed by atoms with Crippen LogP contribution in [0.4, 0.5) is 0 Å². The molecule has 0 radical (unpaired) electrons. The van der Waals surface area contributed by atoms with E-state index in [0.29, 0.717) is 4.47 Å². The molecule has 0 atom stereocenters. The number of carbonyl (C=O) groups is 1. The molecule has 5 nitrogen and oxygen atoms in total. The van der Waals surface area contributed by atoms with Crippen molar-refractivity contribution in [3.05, 3.63) is 34.7 Å². The molecule has 2 rings (SSSR count). The van der Waals surface area contributed by atoms with Gasteiger partial charge in [-0.3, -0.25) is 4.79 Å². The number of carbonyl (C=O) groups excluding carboxylic acids is 1. The van der Waals surface area contributed by atoms with Gasteiger partial charge in [0.2, 0.25) is 5.82 Å². The maximum absolute atomic E-state index is 11.8. The van der Waals surface area contributed by atoms with Crippen LogP contribution in [-0.4, -0.2) is 20.5 Å². The molecule has 0 amide bonds. The van der Waals surface area contributed by atoms with Crippen LogP contribution < -0.4 is 0 Å². The lowest BCUT2D eigenvalue weighted by molar-refractivity contribution is 0.0994. The zero-order valence-electron chi connectivity index (χ0n) is 7.27. The molecule has 14 heavy (non-hydrogen) atoms. The zero-order chi connectivity index (χ0) is 10.1. The van der Waals surface area contributed by atoms with Crippen LogP contribution in [-0.2, 0) is 7.05 Å². The van der Waals surface area contributed by atoms with Gasteiger partial charge in [-0.15, -0.1) is 0 Å². The smallest absolute Gasteiger partial charge is 0.266 e. The summed E-state index contributed by atoms with van der Waals surface area (Å²) in [4.78, 5) is 15.6. The summed E-state index contributed by atoms with van der Waals surface area (Å²) >= 11 is 3.20. The van der Waals surface area contributed by atoms with E-state index in [1.54, 1.807) is 13.1 Å². The Bertz CT molecular complexity index is 432. The molecule has 0 saturated heterocycles. The van der Waals surface area contributed by atoms with Gasteiger partial charge in [0.25, 0.3) is 5.78 Å². The molecule has 0 aliphatic rings. The maximum Gasteiger partial charge on any atom is 0.266 e. The van der Waals surface area contributed by atoms with Gasteiger partial charge >= 0.3 is 0 Å². The summed E-state index contributed by atoms with van der Waals surface area (Å²) in [6.07, 6.45) is 2.76. The van der Waals surface area contributed by atoms with Crippen LogP contribution in [0.2, 0.25) is 0 Å². The Kier molecular flexibility index (Phi) is 2.20. The summed E-state index contributed by atoms with van der Waals surface area (Å²) in [7, 11) is 1.65. The summed E-state index contributed by atoms with van der Waals surface area (Å²) < 4.78 is 7.04. The Balaban J connectivity index is 2.44. The lowest BCUT2D eigenvalue weighted by Crippen LogP contribution is -2.09. The van der Waals surface area contributed by atoms with Gasteiger partial charge < -0.3 is 4.42 Å². The highest BCUT2D eigenvalue weighted by atomic mass is 79.9. The van der Waals surface area contributed by atoms with Gasteiger partial charge in [0.1, 0.15) is 6.33 Å². The molecule has 0 unspecified atom stereocenters. The van der Waals surface area contributed by atoms with E-state index in [9.17, 15) is 4.79 Å². The van der Waals surface area contributed by atoms with E-state index < -0.39 is 0 Å². The molecule has 72 valence electrons. The SMILES string of the molecule is Cn1ncnc1C(=O)c1occc1Br. The number of hydrogen-bond donors (Lipinski definition) is 0. The highest BCUT2D eigenvalue weighted by Gasteiger charge is 2.20. The summed E-state index contributed by atoms with van der Waals surface area (Å²) in [6, 6.07) is 1.66. The summed E-state index contributed by atoms with van der Waals surface area (Å²) in [5.41, 5.74) is 0. The van der Waals surface area contributed by atoms with Crippen LogP contribution in [0.15, 0.2) is 27.5 Å². The predicted octanol–water partition coefficient (Wildman–Crippen LogP) is 1.40. The number of halogens is 1. The normalized spacial score (nSPS) is 10.4. The Labute approximate surface area is 87.9 Å². The largest absolute Gasteiger partial charge is 0.459 e. The second kappa shape index (κ2) is 3.38. The molecule has 0 aliphatic carbocycles. The highest BCUT2D eigenvalue weighted by Crippen LogP contribution is 2.19. The maximum atomic E-state index is 11.8. The predicted molar refractivity (Wildman–Crippen MR) is 50.8 cm³/mol. The van der Waals surface area contributed by atoms with Gasteiger partial charge in [0.15, 0.2) is 5.76 Å². The average Bonchev–Trinajstić information content (AvgIpc) is 2.73. The molecular weight excluding hydrogens is 250 g/mol. The van der Waals surface area contributed by atoms with Crippen LogP contribution in [0.1, 0.15) is 16.4 Å².